The predicted octanol–water partition coefficient (Wildman–Crippen LogP) is 2.70. The van der Waals surface area contributed by atoms with Crippen molar-refractivity contribution in [2.45, 2.75) is 25.6 Å². The van der Waals surface area contributed by atoms with Crippen LogP contribution in [0.3, 0.4) is 0 Å². The molecule has 0 atom stereocenters. The number of alkyl halides is 3. The van der Waals surface area contributed by atoms with Gasteiger partial charge in [-0.3, -0.25) is 0 Å². The molecule has 1 fully saturated rings. The summed E-state index contributed by atoms with van der Waals surface area (Å²) in [6, 6.07) is 3.80. The smallest absolute Gasteiger partial charge is 0.373 e. The molecule has 0 amide bonds. The summed E-state index contributed by atoms with van der Waals surface area (Å²) in [6.07, 6.45) is -1.85. The van der Waals surface area contributed by atoms with E-state index in [2.05, 4.69) is 4.90 Å². The molecule has 2 rings (SSSR count). The van der Waals surface area contributed by atoms with E-state index < -0.39 is 11.7 Å². The molecule has 118 valence electrons. The molecular weight excluding hydrogens is 279 g/mol. The minimum Gasteiger partial charge on any atom is -0.373 e. The molecule has 1 aliphatic rings. The van der Waals surface area contributed by atoms with Crippen LogP contribution in [0.5, 0.6) is 0 Å². The average Bonchev–Trinajstić information content (AvgIpc) is 2.96. The molecule has 1 aromatic rings. The first-order chi connectivity index (χ1) is 9.91. The molecule has 0 aromatic heterocycles. The summed E-state index contributed by atoms with van der Waals surface area (Å²) in [4.78, 5) is 4.36. The predicted molar refractivity (Wildman–Crippen MR) is 78.3 cm³/mol. The van der Waals surface area contributed by atoms with Gasteiger partial charge in [0.15, 0.2) is 0 Å². The summed E-state index contributed by atoms with van der Waals surface area (Å²) in [5, 5.41) is 0. The van der Waals surface area contributed by atoms with Gasteiger partial charge in [0.2, 0.25) is 0 Å². The van der Waals surface area contributed by atoms with Gasteiger partial charge in [-0.05, 0) is 49.7 Å². The fourth-order valence-corrected chi connectivity index (χ4v) is 2.72. The molecule has 2 N–H and O–H groups in total. The highest BCUT2D eigenvalue weighted by molar-refractivity contribution is 5.55. The zero-order valence-electron chi connectivity index (χ0n) is 12.3. The van der Waals surface area contributed by atoms with E-state index in [1.807, 2.05) is 11.9 Å². The lowest BCUT2D eigenvalue weighted by molar-refractivity contribution is -0.137. The Balaban J connectivity index is 2.07. The number of anilines is 1. The van der Waals surface area contributed by atoms with Crippen LogP contribution < -0.4 is 10.6 Å². The van der Waals surface area contributed by atoms with Crippen LogP contribution in [0.1, 0.15) is 24.0 Å². The van der Waals surface area contributed by atoms with E-state index in [0.29, 0.717) is 5.56 Å². The summed E-state index contributed by atoms with van der Waals surface area (Å²) in [6.45, 7) is 4.06. The Morgan fingerprint density at radius 1 is 1.24 bits per heavy atom. The number of nitrogens with two attached hydrogens (primary N) is 1. The monoisotopic (exact) mass is 301 g/mol. The Morgan fingerprint density at radius 3 is 2.48 bits per heavy atom. The van der Waals surface area contributed by atoms with Gasteiger partial charge in [-0.25, -0.2) is 0 Å². The summed E-state index contributed by atoms with van der Waals surface area (Å²) in [5.74, 6) is 0. The third-order valence-corrected chi connectivity index (χ3v) is 3.99. The van der Waals surface area contributed by atoms with Crippen LogP contribution in [0, 0.1) is 0 Å². The van der Waals surface area contributed by atoms with Crippen LogP contribution >= 0.6 is 0 Å². The van der Waals surface area contributed by atoms with Crippen molar-refractivity contribution in [2.24, 2.45) is 5.73 Å². The first kappa shape index (κ1) is 16.1. The molecule has 6 heteroatoms. The second kappa shape index (κ2) is 6.66. The molecule has 0 unspecified atom stereocenters. The Morgan fingerprint density at radius 2 is 1.90 bits per heavy atom. The Kier molecular flexibility index (Phi) is 5.11. The molecule has 1 aliphatic heterocycles. The van der Waals surface area contributed by atoms with Crippen molar-refractivity contribution in [1.29, 1.82) is 0 Å². The molecule has 3 nitrogen and oxygen atoms in total. The van der Waals surface area contributed by atoms with Crippen molar-refractivity contribution in [3.05, 3.63) is 29.3 Å². The Hall–Kier alpha value is -1.27. The van der Waals surface area contributed by atoms with Crippen LogP contribution in [-0.4, -0.2) is 38.1 Å². The van der Waals surface area contributed by atoms with Gasteiger partial charge < -0.3 is 15.5 Å². The van der Waals surface area contributed by atoms with Gasteiger partial charge in [0.05, 0.1) is 5.56 Å². The summed E-state index contributed by atoms with van der Waals surface area (Å²) >= 11 is 0. The van der Waals surface area contributed by atoms with Gasteiger partial charge in [-0.1, -0.05) is 0 Å². The van der Waals surface area contributed by atoms with Crippen LogP contribution in [0.2, 0.25) is 0 Å². The highest BCUT2D eigenvalue weighted by Gasteiger charge is 2.31. The number of hydrogen-bond donors (Lipinski definition) is 1. The van der Waals surface area contributed by atoms with Crippen molar-refractivity contribution in [2.75, 3.05) is 38.1 Å². The van der Waals surface area contributed by atoms with Gasteiger partial charge in [-0.2, -0.15) is 13.2 Å². The largest absolute Gasteiger partial charge is 0.416 e. The van der Waals surface area contributed by atoms with Gasteiger partial charge in [0.1, 0.15) is 0 Å². The van der Waals surface area contributed by atoms with Crippen molar-refractivity contribution < 1.29 is 13.2 Å². The first-order valence-electron chi connectivity index (χ1n) is 7.25. The summed E-state index contributed by atoms with van der Waals surface area (Å²) in [7, 11) is 1.90. The fourth-order valence-electron chi connectivity index (χ4n) is 2.72. The molecule has 0 radical (unpaired) electrons. The molecule has 0 spiro atoms. The van der Waals surface area contributed by atoms with E-state index in [1.165, 1.54) is 18.9 Å². The van der Waals surface area contributed by atoms with E-state index in [1.54, 1.807) is 0 Å². The Bertz CT molecular complexity index is 468. The summed E-state index contributed by atoms with van der Waals surface area (Å²) in [5.41, 5.74) is 6.29. The quantitative estimate of drug-likeness (QED) is 0.907. The number of benzene rings is 1. The lowest BCUT2D eigenvalue weighted by Gasteiger charge is -2.25. The van der Waals surface area contributed by atoms with Crippen LogP contribution in [0.4, 0.5) is 18.9 Å². The lowest BCUT2D eigenvalue weighted by atomic mass is 10.1. The van der Waals surface area contributed by atoms with E-state index in [-0.39, 0.29) is 6.54 Å². The molecule has 0 aliphatic carbocycles. The zero-order chi connectivity index (χ0) is 15.5. The molecule has 0 saturated carbocycles. The van der Waals surface area contributed by atoms with Gasteiger partial charge in [0.25, 0.3) is 0 Å². The molecular formula is C15H22F3N3. The van der Waals surface area contributed by atoms with E-state index >= 15 is 0 Å². The third kappa shape index (κ3) is 4.11. The SMILES string of the molecule is CN(CCN1CCCC1)c1ccc(C(F)(F)F)cc1CN. The first-order valence-corrected chi connectivity index (χ1v) is 7.25. The minimum atomic E-state index is -4.32. The number of likely N-dealkylation sites (N-methyl/N-ethyl adjacent to an activating group) is 1. The average molecular weight is 301 g/mol. The second-order valence-corrected chi connectivity index (χ2v) is 5.52. The van der Waals surface area contributed by atoms with Gasteiger partial charge in [0, 0.05) is 32.4 Å². The summed E-state index contributed by atoms with van der Waals surface area (Å²) < 4.78 is 38.2. The topological polar surface area (TPSA) is 32.5 Å². The number of rotatable bonds is 5. The number of likely N-dealkylation sites (tertiary alicyclic amines) is 1. The molecule has 1 saturated heterocycles. The normalized spacial score (nSPS) is 16.4. The maximum Gasteiger partial charge on any atom is 0.416 e. The van der Waals surface area contributed by atoms with Gasteiger partial charge in [-0.15, -0.1) is 0 Å². The van der Waals surface area contributed by atoms with Crippen molar-refractivity contribution >= 4 is 5.69 Å². The molecule has 21 heavy (non-hydrogen) atoms. The van der Waals surface area contributed by atoms with Crippen molar-refractivity contribution in [3.8, 4) is 0 Å². The van der Waals surface area contributed by atoms with E-state index in [0.717, 1.165) is 44.0 Å². The van der Waals surface area contributed by atoms with E-state index in [4.69, 9.17) is 5.73 Å². The second-order valence-electron chi connectivity index (χ2n) is 5.52. The maximum atomic E-state index is 12.7. The highest BCUT2D eigenvalue weighted by Crippen LogP contribution is 2.32. The third-order valence-electron chi connectivity index (χ3n) is 3.99. The zero-order valence-corrected chi connectivity index (χ0v) is 12.3. The lowest BCUT2D eigenvalue weighted by Crippen LogP contribution is -2.32. The number of hydrogen-bond acceptors (Lipinski definition) is 3. The molecule has 0 bridgehead atoms. The fraction of sp³-hybridized carbons (Fsp3) is 0.600. The number of nitrogens with zero attached hydrogens (tertiary/aromatic N) is 2. The standard InChI is InChI=1S/C15H22F3N3/c1-20(8-9-21-6-2-3-7-21)14-5-4-13(15(16,17)18)10-12(14)11-19/h4-5,10H,2-3,6-9,11,19H2,1H3. The van der Waals surface area contributed by atoms with Crippen molar-refractivity contribution in [3.63, 3.8) is 0 Å². The van der Waals surface area contributed by atoms with Crippen LogP contribution in [0.25, 0.3) is 0 Å². The maximum absolute atomic E-state index is 12.7. The van der Waals surface area contributed by atoms with Crippen molar-refractivity contribution in [1.82, 2.24) is 4.90 Å². The van der Waals surface area contributed by atoms with E-state index in [9.17, 15) is 13.2 Å². The Labute approximate surface area is 123 Å². The minimum absolute atomic E-state index is 0.104. The van der Waals surface area contributed by atoms with Gasteiger partial charge >= 0.3 is 6.18 Å². The molecule has 1 aromatic carbocycles. The number of halogens is 3. The van der Waals surface area contributed by atoms with Crippen LogP contribution in [-0.2, 0) is 12.7 Å². The molecule has 1 heterocycles. The highest BCUT2D eigenvalue weighted by atomic mass is 19.4. The van der Waals surface area contributed by atoms with Crippen LogP contribution in [0.15, 0.2) is 18.2 Å².